The zero-order valence-corrected chi connectivity index (χ0v) is 14.8. The van der Waals surface area contributed by atoms with Gasteiger partial charge in [-0.15, -0.1) is 0 Å². The van der Waals surface area contributed by atoms with Gasteiger partial charge in [-0.05, 0) is 25.0 Å². The van der Waals surface area contributed by atoms with E-state index in [2.05, 4.69) is 10.5 Å². The third kappa shape index (κ3) is 2.71. The summed E-state index contributed by atoms with van der Waals surface area (Å²) in [6.07, 6.45) is -13.7. The Labute approximate surface area is 156 Å². The molecule has 28 heavy (non-hydrogen) atoms. The zero-order valence-electron chi connectivity index (χ0n) is 14.8. The monoisotopic (exact) mass is 412 g/mol. The summed E-state index contributed by atoms with van der Waals surface area (Å²) in [7, 11) is 0. The topological polar surface area (TPSA) is 44.8 Å². The minimum absolute atomic E-state index is 0.186. The first-order valence-corrected chi connectivity index (χ1v) is 9.16. The molecule has 0 N–H and O–H groups in total. The van der Waals surface area contributed by atoms with E-state index in [1.165, 1.54) is 0 Å². The van der Waals surface area contributed by atoms with Gasteiger partial charge in [0.05, 0.1) is 0 Å². The van der Waals surface area contributed by atoms with Crippen LogP contribution < -0.4 is 0 Å². The summed E-state index contributed by atoms with van der Waals surface area (Å²) in [5.41, 5.74) is 1.29. The molecule has 5 unspecified atom stereocenters. The highest BCUT2D eigenvalue weighted by molar-refractivity contribution is 5.69. The van der Waals surface area contributed by atoms with Crippen LogP contribution >= 0.6 is 0 Å². The summed E-state index contributed by atoms with van der Waals surface area (Å²) in [6.45, 7) is 1.93. The van der Waals surface area contributed by atoms with Gasteiger partial charge in [0, 0.05) is 18.3 Å². The molecule has 4 rings (SSSR count). The summed E-state index contributed by atoms with van der Waals surface area (Å²) < 4.78 is 92.6. The molecule has 4 nitrogen and oxygen atoms in total. The molecule has 4 aliphatic rings. The Kier molecular flexibility index (Phi) is 4.23. The Bertz CT molecular complexity index is 736. The Hall–Kier alpha value is -1.83. The number of carbonyl (C=O) groups excluding carboxylic acids is 1. The molecule has 3 aliphatic carbocycles. The lowest BCUT2D eigenvalue weighted by Crippen LogP contribution is -2.48. The highest BCUT2D eigenvalue weighted by atomic mass is 19.4. The lowest BCUT2D eigenvalue weighted by atomic mass is 9.67. The third-order valence-electron chi connectivity index (χ3n) is 6.08. The van der Waals surface area contributed by atoms with Crippen LogP contribution in [0.25, 0.3) is 0 Å². The van der Waals surface area contributed by atoms with E-state index in [1.54, 1.807) is 0 Å². The van der Waals surface area contributed by atoms with Crippen molar-refractivity contribution >= 4 is 5.97 Å². The Morgan fingerprint density at radius 1 is 1.29 bits per heavy atom. The first-order valence-electron chi connectivity index (χ1n) is 9.16. The second-order valence-corrected chi connectivity index (χ2v) is 7.78. The Balaban J connectivity index is 1.49. The van der Waals surface area contributed by atoms with Crippen molar-refractivity contribution in [3.8, 4) is 0 Å². The molecule has 156 valence electrons. The average molecular weight is 412 g/mol. The van der Waals surface area contributed by atoms with E-state index in [-0.39, 0.29) is 36.4 Å². The van der Waals surface area contributed by atoms with E-state index in [9.17, 15) is 31.1 Å². The van der Waals surface area contributed by atoms with Gasteiger partial charge in [0.2, 0.25) is 0 Å². The van der Waals surface area contributed by atoms with E-state index in [1.807, 2.05) is 6.92 Å². The predicted octanol–water partition coefficient (Wildman–Crippen LogP) is 4.40. The first-order chi connectivity index (χ1) is 13.0. The molecular formula is C18H18F6O4. The number of halogens is 6. The van der Waals surface area contributed by atoms with Gasteiger partial charge in [-0.1, -0.05) is 13.3 Å². The highest BCUT2D eigenvalue weighted by Crippen LogP contribution is 2.71. The van der Waals surface area contributed by atoms with Gasteiger partial charge >= 0.3 is 18.3 Å². The molecule has 0 amide bonds. The highest BCUT2D eigenvalue weighted by Gasteiger charge is 2.75. The smallest absolute Gasteiger partial charge is 0.434 e. The summed E-state index contributed by atoms with van der Waals surface area (Å²) >= 11 is 0. The number of hydrogen-bond donors (Lipinski definition) is 0. The molecule has 2 saturated carbocycles. The number of carbonyl (C=O) groups is 1. The minimum Gasteiger partial charge on any atom is -0.481 e. The molecule has 0 radical (unpaired) electrons. The minimum atomic E-state index is -5.59. The van der Waals surface area contributed by atoms with Crippen molar-refractivity contribution in [3.05, 3.63) is 17.2 Å². The fourth-order valence-electron chi connectivity index (χ4n) is 4.91. The molecule has 2 bridgehead atoms. The fraction of sp³-hybridized carbons (Fsp3) is 0.778. The van der Waals surface area contributed by atoms with Gasteiger partial charge in [0.15, 0.2) is 11.5 Å². The number of unbranched alkanes of at least 4 members (excludes halogenated alkanes) is 1. The van der Waals surface area contributed by atoms with Crippen LogP contribution in [0.1, 0.15) is 39.0 Å². The van der Waals surface area contributed by atoms with Crippen LogP contribution in [0.15, 0.2) is 17.2 Å². The number of esters is 1. The van der Waals surface area contributed by atoms with Crippen LogP contribution in [-0.2, 0) is 19.0 Å². The molecule has 0 aromatic heterocycles. The second kappa shape index (κ2) is 6.08. The fourth-order valence-corrected chi connectivity index (χ4v) is 4.91. The maximum absolute atomic E-state index is 12.8. The van der Waals surface area contributed by atoms with Gasteiger partial charge in [-0.25, -0.2) is 0 Å². The number of ether oxygens (including phenoxy) is 3. The maximum Gasteiger partial charge on any atom is 0.434 e. The van der Waals surface area contributed by atoms with Gasteiger partial charge < -0.3 is 14.2 Å². The number of fused-ring (bicyclic) bond motifs is 1. The largest absolute Gasteiger partial charge is 0.481 e. The maximum atomic E-state index is 12.8. The Morgan fingerprint density at radius 3 is 2.57 bits per heavy atom. The van der Waals surface area contributed by atoms with Crippen molar-refractivity contribution in [2.45, 2.75) is 69.7 Å². The third-order valence-corrected chi connectivity index (χ3v) is 6.08. The summed E-state index contributed by atoms with van der Waals surface area (Å²) in [4.78, 5) is 11.9. The summed E-state index contributed by atoms with van der Waals surface area (Å²) in [5, 5.41) is 0. The molecule has 3 fully saturated rings. The van der Waals surface area contributed by atoms with E-state index < -0.39 is 41.8 Å². The molecule has 1 heterocycles. The predicted molar refractivity (Wildman–Crippen MR) is 80.4 cm³/mol. The van der Waals surface area contributed by atoms with Crippen molar-refractivity contribution < 1.29 is 45.3 Å². The molecule has 1 aliphatic heterocycles. The van der Waals surface area contributed by atoms with E-state index in [0.29, 0.717) is 12.8 Å². The lowest BCUT2D eigenvalue weighted by Gasteiger charge is -2.38. The summed E-state index contributed by atoms with van der Waals surface area (Å²) in [5.74, 6) is -1.16. The summed E-state index contributed by atoms with van der Waals surface area (Å²) in [6, 6.07) is 0. The van der Waals surface area contributed by atoms with Gasteiger partial charge in [-0.3, -0.25) is 4.79 Å². The molecular weight excluding hydrogens is 394 g/mol. The number of rotatable bonds is 6. The average Bonchev–Trinajstić information content (AvgIpc) is 3.15. The van der Waals surface area contributed by atoms with Crippen LogP contribution in [0.3, 0.4) is 0 Å². The van der Waals surface area contributed by atoms with Crippen molar-refractivity contribution in [3.63, 3.8) is 0 Å². The lowest BCUT2D eigenvalue weighted by molar-refractivity contribution is -0.316. The van der Waals surface area contributed by atoms with Crippen LogP contribution in [-0.4, -0.2) is 36.6 Å². The van der Waals surface area contributed by atoms with Crippen LogP contribution in [0.2, 0.25) is 0 Å². The number of hydrogen-bond acceptors (Lipinski definition) is 4. The van der Waals surface area contributed by atoms with Gasteiger partial charge in [0.25, 0.3) is 6.10 Å². The van der Waals surface area contributed by atoms with E-state index in [0.717, 1.165) is 6.42 Å². The molecule has 0 aromatic rings. The zero-order chi connectivity index (χ0) is 20.5. The van der Waals surface area contributed by atoms with Gasteiger partial charge in [-0.2, -0.15) is 26.3 Å². The first kappa shape index (κ1) is 19.5. The quantitative estimate of drug-likeness (QED) is 0.369. The van der Waals surface area contributed by atoms with Crippen molar-refractivity contribution in [2.75, 3.05) is 0 Å². The van der Waals surface area contributed by atoms with Crippen molar-refractivity contribution in [1.82, 2.24) is 0 Å². The van der Waals surface area contributed by atoms with Gasteiger partial charge in [0.1, 0.15) is 17.6 Å². The van der Waals surface area contributed by atoms with Crippen LogP contribution in [0, 0.1) is 17.3 Å². The van der Waals surface area contributed by atoms with E-state index in [4.69, 9.17) is 9.47 Å². The Morgan fingerprint density at radius 2 is 1.96 bits per heavy atom. The molecule has 1 spiro atoms. The van der Waals surface area contributed by atoms with Crippen LogP contribution in [0.5, 0.6) is 0 Å². The molecule has 10 heteroatoms. The van der Waals surface area contributed by atoms with Crippen LogP contribution in [0.4, 0.5) is 26.3 Å². The van der Waals surface area contributed by atoms with E-state index >= 15 is 0 Å². The standard InChI is InChI=1S/C18H18F6O4/c1-2-3-4-12(25)28-13-8-5-9-14(13)26-10-6-11(16(9,10)7-8)27-15(17(19,20)21)18(22,23)24/h8-9,13-15H,2-5,7H2,1H3. The number of alkyl halides is 6. The molecule has 5 atom stereocenters. The van der Waals surface area contributed by atoms with Crippen molar-refractivity contribution in [1.29, 1.82) is 0 Å². The normalized spacial score (nSPS) is 35.1. The molecule has 1 saturated heterocycles. The molecule has 0 aromatic carbocycles. The second-order valence-electron chi connectivity index (χ2n) is 7.78. The SMILES string of the molecule is CCCCC(=O)OC1C2CC3C1OC1=C=C(OC(C(F)(F)F)C(F)(F)F)C13C2. The van der Waals surface area contributed by atoms with Crippen molar-refractivity contribution in [2.24, 2.45) is 17.3 Å².